The van der Waals surface area contributed by atoms with Gasteiger partial charge in [-0.15, -0.1) is 0 Å². The number of benzene rings is 2. The van der Waals surface area contributed by atoms with Gasteiger partial charge in [-0.2, -0.15) is 0 Å². The lowest BCUT2D eigenvalue weighted by Gasteiger charge is -2.44. The fourth-order valence-electron chi connectivity index (χ4n) is 16.3. The lowest BCUT2D eigenvalue weighted by Crippen LogP contribution is -2.62. The van der Waals surface area contributed by atoms with Crippen LogP contribution in [0.1, 0.15) is 128 Å². The van der Waals surface area contributed by atoms with E-state index in [9.17, 15) is 9.59 Å². The number of anilines is 1. The number of fused-ring (bicyclic) bond motifs is 7. The largest absolute Gasteiger partial charge is 0.378 e. The number of likely N-dealkylation sites (N-methyl/N-ethyl adjacent to an activating group) is 1. The van der Waals surface area contributed by atoms with Crippen molar-refractivity contribution in [2.24, 2.45) is 22.7 Å². The van der Waals surface area contributed by atoms with Crippen LogP contribution in [0, 0.1) is 22.7 Å². The fourth-order valence-corrected chi connectivity index (χ4v) is 16.3. The number of hydrogen-bond donors (Lipinski definition) is 2. The van der Waals surface area contributed by atoms with E-state index in [1.807, 2.05) is 6.20 Å². The minimum Gasteiger partial charge on any atom is -0.378 e. The lowest BCUT2D eigenvalue weighted by molar-refractivity contribution is -0.144. The summed E-state index contributed by atoms with van der Waals surface area (Å²) in [7, 11) is 3.87. The summed E-state index contributed by atoms with van der Waals surface area (Å²) in [5.41, 5.74) is 12.8. The van der Waals surface area contributed by atoms with Crippen molar-refractivity contribution in [2.45, 2.75) is 166 Å². The number of ketones is 1. The van der Waals surface area contributed by atoms with E-state index in [2.05, 4.69) is 123 Å². The number of likely N-dealkylation sites (tertiary alicyclic amines) is 2. The first-order valence-corrected chi connectivity index (χ1v) is 31.7. The van der Waals surface area contributed by atoms with Gasteiger partial charge in [-0.25, -0.2) is 5.43 Å². The Labute approximate surface area is 485 Å². The molecular weight excluding hydrogens is 1030 g/mol. The highest BCUT2D eigenvalue weighted by atomic mass is 16.5. The Balaban J connectivity index is 0.834. The highest BCUT2D eigenvalue weighted by molar-refractivity contribution is 5.96. The molecule has 4 aromatic rings. The van der Waals surface area contributed by atoms with Crippen LogP contribution in [-0.2, 0) is 48.0 Å². The van der Waals surface area contributed by atoms with E-state index >= 15 is 9.59 Å². The Kier molecular flexibility index (Phi) is 15.4. The van der Waals surface area contributed by atoms with Gasteiger partial charge in [0.05, 0.1) is 60.7 Å². The lowest BCUT2D eigenvalue weighted by atomic mass is 9.79. The summed E-state index contributed by atoms with van der Waals surface area (Å²) in [5.74, 6) is 0.994. The molecule has 1 spiro atoms. The summed E-state index contributed by atoms with van der Waals surface area (Å²) in [6.45, 7) is 18.5. The fraction of sp³-hybridized carbons (Fsp3) is 0.652. The average molecular weight is 1120 g/mol. The molecule has 2 aromatic heterocycles. The van der Waals surface area contributed by atoms with E-state index in [1.54, 1.807) is 12.1 Å². The van der Waals surface area contributed by atoms with Crippen molar-refractivity contribution in [1.29, 1.82) is 0 Å². The number of piperazine rings is 1. The predicted octanol–water partition coefficient (Wildman–Crippen LogP) is 7.65. The molecule has 16 nitrogen and oxygen atoms in total. The zero-order chi connectivity index (χ0) is 56.6. The molecule has 7 aliphatic heterocycles. The number of nitrogens with zero attached hydrogens (tertiary/aromatic N) is 8. The van der Waals surface area contributed by atoms with Gasteiger partial charge in [0.1, 0.15) is 12.1 Å². The number of ether oxygens (including phenoxy) is 2. The predicted molar refractivity (Wildman–Crippen MR) is 319 cm³/mol. The molecule has 8 fully saturated rings. The zero-order valence-corrected chi connectivity index (χ0v) is 49.8. The van der Waals surface area contributed by atoms with Gasteiger partial charge in [0.25, 0.3) is 5.91 Å². The molecule has 2 aliphatic carbocycles. The highest BCUT2D eigenvalue weighted by Gasteiger charge is 2.59. The van der Waals surface area contributed by atoms with Gasteiger partial charge < -0.3 is 29.2 Å². The first-order valence-electron chi connectivity index (χ1n) is 31.7. The van der Waals surface area contributed by atoms with Gasteiger partial charge in [-0.05, 0) is 149 Å². The van der Waals surface area contributed by atoms with E-state index < -0.39 is 12.1 Å². The minimum absolute atomic E-state index is 0.0285. The normalized spacial score (nSPS) is 30.0. The molecule has 2 N–H and O–H groups in total. The number of aryl methyl sites for hydroxylation is 1. The third-order valence-corrected chi connectivity index (χ3v) is 21.3. The molecule has 9 atom stereocenters. The monoisotopic (exact) mass is 1120 g/mol. The summed E-state index contributed by atoms with van der Waals surface area (Å²) in [6.07, 6.45) is 13.7. The molecule has 3 amide bonds. The maximum absolute atomic E-state index is 15.4. The Bertz CT molecular complexity index is 3080. The van der Waals surface area contributed by atoms with Crippen LogP contribution in [0.25, 0.3) is 33.3 Å². The Hall–Kier alpha value is -5.23. The number of methoxy groups -OCH3 is 1. The number of carbonyl (C=O) groups excluding carboxylic acids is 4. The number of pyridine rings is 1. The second-order valence-electron chi connectivity index (χ2n) is 27.3. The van der Waals surface area contributed by atoms with E-state index in [0.29, 0.717) is 62.6 Å². The molecule has 2 saturated carbocycles. The molecule has 440 valence electrons. The number of aromatic nitrogens is 2. The molecule has 2 aromatic carbocycles. The van der Waals surface area contributed by atoms with Gasteiger partial charge in [0, 0.05) is 107 Å². The molecular formula is C66H90N10O6. The van der Waals surface area contributed by atoms with Crippen LogP contribution in [0.5, 0.6) is 0 Å². The summed E-state index contributed by atoms with van der Waals surface area (Å²) in [5, 5.41) is 6.27. The van der Waals surface area contributed by atoms with Gasteiger partial charge in [-0.1, -0.05) is 57.0 Å². The quantitative estimate of drug-likeness (QED) is 0.142. The van der Waals surface area contributed by atoms with Crippen molar-refractivity contribution < 1.29 is 28.7 Å². The maximum atomic E-state index is 15.4. The van der Waals surface area contributed by atoms with E-state index in [-0.39, 0.29) is 52.5 Å². The molecule has 16 heteroatoms. The van der Waals surface area contributed by atoms with Crippen LogP contribution in [-0.4, -0.2) is 180 Å². The summed E-state index contributed by atoms with van der Waals surface area (Å²) < 4.78 is 14.5. The maximum Gasteiger partial charge on any atom is 0.259 e. The first kappa shape index (κ1) is 55.9. The third-order valence-electron chi connectivity index (χ3n) is 21.3. The Morgan fingerprint density at radius 2 is 1.73 bits per heavy atom. The SMILES string of the molecule is CCn1c(-c2cc(N3CCN4CCOC[C@@H]4C3)cnc2[C@H](C)OC)c2c3cc(ccc31)-c1cccc(c1)C[C@H](NC(=O)[C@H](C1CCCC1)N1CC[C@]3(CCN(C(=O)[C@H]4[C@@H](C5CC5)N4C)C3)C1)C(=O)N1CCC[C@H](N1)C(=O)CCC(C)(C)C2. The summed E-state index contributed by atoms with van der Waals surface area (Å²) >= 11 is 0. The van der Waals surface area contributed by atoms with Gasteiger partial charge in [0.2, 0.25) is 11.8 Å². The number of rotatable bonds is 11. The van der Waals surface area contributed by atoms with Crippen LogP contribution in [0.15, 0.2) is 54.7 Å². The van der Waals surface area contributed by atoms with Crippen molar-refractivity contribution in [3.05, 3.63) is 71.5 Å². The molecule has 6 saturated heterocycles. The van der Waals surface area contributed by atoms with Crippen molar-refractivity contribution >= 4 is 40.1 Å². The number of amides is 3. The minimum atomic E-state index is -0.861. The van der Waals surface area contributed by atoms with Gasteiger partial charge in [0.15, 0.2) is 5.78 Å². The first-order chi connectivity index (χ1) is 39.7. The Morgan fingerprint density at radius 3 is 2.54 bits per heavy atom. The number of carbonyl (C=O) groups is 4. The van der Waals surface area contributed by atoms with E-state index in [0.717, 1.165) is 162 Å². The number of Topliss-reactive ketones (excluding diaryl/α,β-unsaturated/α-hetero) is 1. The molecule has 1 unspecified atom stereocenters. The van der Waals surface area contributed by atoms with Gasteiger partial charge in [-0.3, -0.25) is 43.9 Å². The van der Waals surface area contributed by atoms with Crippen LogP contribution < -0.4 is 15.6 Å². The van der Waals surface area contributed by atoms with Gasteiger partial charge >= 0.3 is 0 Å². The van der Waals surface area contributed by atoms with Crippen LogP contribution in [0.3, 0.4) is 0 Å². The topological polar surface area (TPSA) is 148 Å². The third kappa shape index (κ3) is 10.8. The van der Waals surface area contributed by atoms with E-state index in [4.69, 9.17) is 14.5 Å². The van der Waals surface area contributed by atoms with Crippen molar-refractivity contribution in [3.8, 4) is 22.4 Å². The number of hydrazine groups is 1. The summed E-state index contributed by atoms with van der Waals surface area (Å²) in [6, 6.07) is 16.8. The number of morpholine rings is 1. The number of hydrogen-bond acceptors (Lipinski definition) is 12. The molecule has 82 heavy (non-hydrogen) atoms. The Morgan fingerprint density at radius 1 is 0.915 bits per heavy atom. The standard InChI is InChI=1S/C66H90N10O6/c1-7-75-55-20-19-47-34-50(55)52(60(75)51-35-48(37-67-57(51)42(2)81-6)72-29-28-71-30-31-82-39-49(71)38-72)36-65(3,4)22-21-56(77)53-16-11-25-76(69-53)63(79)54(33-43-12-10-15-46(47)32-43)68-62(78)59(44-13-8-9-14-44)73-26-23-66(40-73)24-27-74(41-66)64(80)61-58(70(61)5)45-17-18-45/h10,12,15,19-20,32,34-35,37,42,44-45,49,53-54,58-59,61,69H,7-9,11,13-14,16-18,21-31,33,36,38-41H2,1-6H3,(H,68,78)/t42-,49-,53-,54-,58+,59-,61+,66-,70?/m0/s1. The van der Waals surface area contributed by atoms with Crippen LogP contribution >= 0.6 is 0 Å². The highest BCUT2D eigenvalue weighted by Crippen LogP contribution is 2.49. The van der Waals surface area contributed by atoms with Crippen LogP contribution in [0.4, 0.5) is 5.69 Å². The molecule has 13 rings (SSSR count). The molecule has 9 aliphatic rings. The molecule has 6 bridgehead atoms. The molecule has 9 heterocycles. The van der Waals surface area contributed by atoms with E-state index in [1.165, 1.54) is 23.8 Å². The average Bonchev–Trinajstić information content (AvgIpc) is 3.35. The smallest absolute Gasteiger partial charge is 0.259 e. The van der Waals surface area contributed by atoms with Crippen molar-refractivity contribution in [3.63, 3.8) is 0 Å². The second kappa shape index (κ2) is 22.6. The second-order valence-corrected chi connectivity index (χ2v) is 27.3. The number of nitrogens with one attached hydrogen (secondary N) is 2. The summed E-state index contributed by atoms with van der Waals surface area (Å²) in [4.78, 5) is 76.3. The molecule has 0 radical (unpaired) electrons. The van der Waals surface area contributed by atoms with Crippen molar-refractivity contribution in [1.82, 2.24) is 44.9 Å². The van der Waals surface area contributed by atoms with Crippen molar-refractivity contribution in [2.75, 3.05) is 91.2 Å². The van der Waals surface area contributed by atoms with Crippen LogP contribution in [0.2, 0.25) is 0 Å². The zero-order valence-electron chi connectivity index (χ0n) is 49.8.